The molecule has 1 atom stereocenters. The van der Waals surface area contributed by atoms with Crippen LogP contribution >= 0.6 is 0 Å². The van der Waals surface area contributed by atoms with Gasteiger partial charge in [0.15, 0.2) is 0 Å². The van der Waals surface area contributed by atoms with Crippen molar-refractivity contribution in [2.45, 2.75) is 55.8 Å². The molecule has 0 radical (unpaired) electrons. The molecule has 1 heterocycles. The Morgan fingerprint density at radius 3 is 2.28 bits per heavy atom. The van der Waals surface area contributed by atoms with Crippen LogP contribution in [0.2, 0.25) is 0 Å². The molecule has 1 aliphatic carbocycles. The standard InChI is InChI=1S/C19H26F3N3O3S/c1-14(18(26)23-15-6-2-3-7-15)24-10-12-25(13-11-24)29(27,28)17-9-5-4-8-16(17)19(20,21)22/h4-5,8-9,14-15H,2-3,6-7,10-13H2,1H3,(H,23,26)/t14-/m1/s1. The molecule has 2 fully saturated rings. The number of carbonyl (C=O) groups excluding carboxylic acids is 1. The monoisotopic (exact) mass is 433 g/mol. The van der Waals surface area contributed by atoms with Crippen molar-refractivity contribution < 1.29 is 26.4 Å². The number of halogens is 3. The lowest BCUT2D eigenvalue weighted by Gasteiger charge is -2.37. The number of amides is 1. The summed E-state index contributed by atoms with van der Waals surface area (Å²) in [4.78, 5) is 13.6. The van der Waals surface area contributed by atoms with E-state index in [4.69, 9.17) is 0 Å². The minimum Gasteiger partial charge on any atom is -0.352 e. The first kappa shape index (κ1) is 22.0. The molecule has 1 aromatic carbocycles. The first-order valence-corrected chi connectivity index (χ1v) is 11.3. The maximum absolute atomic E-state index is 13.2. The second-order valence-corrected chi connectivity index (χ2v) is 9.51. The van der Waals surface area contributed by atoms with Crippen molar-refractivity contribution in [2.24, 2.45) is 0 Å². The molecule has 0 spiro atoms. The summed E-state index contributed by atoms with van der Waals surface area (Å²) in [5, 5.41) is 3.03. The van der Waals surface area contributed by atoms with Gasteiger partial charge in [0, 0.05) is 32.2 Å². The van der Waals surface area contributed by atoms with Crippen LogP contribution in [0, 0.1) is 0 Å². The summed E-state index contributed by atoms with van der Waals surface area (Å²) in [7, 11) is -4.28. The predicted molar refractivity (Wildman–Crippen MR) is 102 cm³/mol. The topological polar surface area (TPSA) is 69.7 Å². The van der Waals surface area contributed by atoms with E-state index < -0.39 is 32.7 Å². The van der Waals surface area contributed by atoms with E-state index >= 15 is 0 Å². The fourth-order valence-electron chi connectivity index (χ4n) is 3.95. The van der Waals surface area contributed by atoms with Crippen molar-refractivity contribution in [3.05, 3.63) is 29.8 Å². The number of rotatable bonds is 5. The lowest BCUT2D eigenvalue weighted by Crippen LogP contribution is -2.55. The zero-order valence-corrected chi connectivity index (χ0v) is 17.1. The van der Waals surface area contributed by atoms with Gasteiger partial charge in [0.05, 0.1) is 16.5 Å². The Bertz CT molecular complexity index is 831. The Morgan fingerprint density at radius 2 is 1.69 bits per heavy atom. The molecule has 1 N–H and O–H groups in total. The van der Waals surface area contributed by atoms with Crippen molar-refractivity contribution in [3.8, 4) is 0 Å². The smallest absolute Gasteiger partial charge is 0.352 e. The number of carbonyl (C=O) groups is 1. The van der Waals surface area contributed by atoms with Crippen molar-refractivity contribution in [1.82, 2.24) is 14.5 Å². The molecule has 0 unspecified atom stereocenters. The van der Waals surface area contributed by atoms with Crippen LogP contribution in [-0.4, -0.2) is 61.8 Å². The van der Waals surface area contributed by atoms with Gasteiger partial charge in [-0.3, -0.25) is 9.69 Å². The van der Waals surface area contributed by atoms with Crippen LogP contribution < -0.4 is 5.32 Å². The maximum Gasteiger partial charge on any atom is 0.417 e. The Kier molecular flexibility index (Phi) is 6.54. The van der Waals surface area contributed by atoms with Gasteiger partial charge in [0.2, 0.25) is 15.9 Å². The van der Waals surface area contributed by atoms with Crippen LogP contribution in [0.3, 0.4) is 0 Å². The predicted octanol–water partition coefficient (Wildman–Crippen LogP) is 2.46. The van der Waals surface area contributed by atoms with E-state index in [9.17, 15) is 26.4 Å². The summed E-state index contributed by atoms with van der Waals surface area (Å²) in [6.07, 6.45) is -0.588. The van der Waals surface area contributed by atoms with E-state index in [0.29, 0.717) is 0 Å². The fraction of sp³-hybridized carbons (Fsp3) is 0.632. The SMILES string of the molecule is C[C@H](C(=O)NC1CCCC1)N1CCN(S(=O)(=O)c2ccccc2C(F)(F)F)CC1. The highest BCUT2D eigenvalue weighted by Gasteiger charge is 2.40. The number of sulfonamides is 1. The Morgan fingerprint density at radius 1 is 1.10 bits per heavy atom. The van der Waals surface area contributed by atoms with Crippen LogP contribution in [0.1, 0.15) is 38.2 Å². The summed E-state index contributed by atoms with van der Waals surface area (Å²) in [5.74, 6) is -0.0874. The zero-order valence-electron chi connectivity index (χ0n) is 16.3. The van der Waals surface area contributed by atoms with Gasteiger partial charge in [-0.05, 0) is 31.9 Å². The highest BCUT2D eigenvalue weighted by Crippen LogP contribution is 2.35. The normalized spacial score (nSPS) is 21.2. The number of benzene rings is 1. The molecule has 2 aliphatic rings. The second-order valence-electron chi connectivity index (χ2n) is 7.60. The van der Waals surface area contributed by atoms with E-state index in [0.717, 1.165) is 42.1 Å². The first-order chi connectivity index (χ1) is 13.6. The van der Waals surface area contributed by atoms with Gasteiger partial charge in [0.25, 0.3) is 0 Å². The number of nitrogens with zero attached hydrogens (tertiary/aromatic N) is 2. The number of hydrogen-bond donors (Lipinski definition) is 1. The van der Waals surface area contributed by atoms with Gasteiger partial charge in [0.1, 0.15) is 0 Å². The van der Waals surface area contributed by atoms with Crippen LogP contribution in [0.15, 0.2) is 29.2 Å². The lowest BCUT2D eigenvalue weighted by atomic mass is 10.2. The average Bonchev–Trinajstić information content (AvgIpc) is 3.20. The van der Waals surface area contributed by atoms with Crippen LogP contribution in [0.25, 0.3) is 0 Å². The van der Waals surface area contributed by atoms with E-state index in [1.165, 1.54) is 12.1 Å². The maximum atomic E-state index is 13.2. The summed E-state index contributed by atoms with van der Waals surface area (Å²) >= 11 is 0. The molecule has 1 aromatic rings. The van der Waals surface area contributed by atoms with E-state index in [1.807, 2.05) is 4.90 Å². The average molecular weight is 433 g/mol. The number of nitrogens with one attached hydrogen (secondary N) is 1. The molecular weight excluding hydrogens is 407 g/mol. The van der Waals surface area contributed by atoms with Gasteiger partial charge < -0.3 is 5.32 Å². The summed E-state index contributed by atoms with van der Waals surface area (Å²) in [6, 6.07) is 4.01. The third kappa shape index (κ3) is 4.92. The second kappa shape index (κ2) is 8.61. The lowest BCUT2D eigenvalue weighted by molar-refractivity contribution is -0.140. The van der Waals surface area contributed by atoms with Crippen LogP contribution in [-0.2, 0) is 21.0 Å². The van der Waals surface area contributed by atoms with Crippen molar-refractivity contribution in [3.63, 3.8) is 0 Å². The molecule has 1 saturated carbocycles. The molecule has 1 saturated heterocycles. The third-order valence-corrected chi connectivity index (χ3v) is 7.67. The van der Waals surface area contributed by atoms with Crippen molar-refractivity contribution >= 4 is 15.9 Å². The number of alkyl halides is 3. The molecule has 29 heavy (non-hydrogen) atoms. The summed E-state index contributed by atoms with van der Waals surface area (Å²) in [6.45, 7) is 2.41. The van der Waals surface area contributed by atoms with Gasteiger partial charge in [-0.15, -0.1) is 0 Å². The fourth-order valence-corrected chi connectivity index (χ4v) is 5.59. The summed E-state index contributed by atoms with van der Waals surface area (Å²) < 4.78 is 66.4. The van der Waals surface area contributed by atoms with Gasteiger partial charge in [-0.25, -0.2) is 8.42 Å². The first-order valence-electron chi connectivity index (χ1n) is 9.81. The van der Waals surface area contributed by atoms with Gasteiger partial charge in [-0.2, -0.15) is 17.5 Å². The van der Waals surface area contributed by atoms with Crippen LogP contribution in [0.5, 0.6) is 0 Å². The van der Waals surface area contributed by atoms with Gasteiger partial charge in [-0.1, -0.05) is 25.0 Å². The summed E-state index contributed by atoms with van der Waals surface area (Å²) in [5.41, 5.74) is -1.16. The minimum absolute atomic E-state index is 0.0373. The third-order valence-electron chi connectivity index (χ3n) is 5.71. The Labute approximate surface area is 169 Å². The van der Waals surface area contributed by atoms with E-state index in [1.54, 1.807) is 6.92 Å². The van der Waals surface area contributed by atoms with Crippen molar-refractivity contribution in [2.75, 3.05) is 26.2 Å². The number of hydrogen-bond acceptors (Lipinski definition) is 4. The Hall–Kier alpha value is -1.65. The molecular formula is C19H26F3N3O3S. The van der Waals surface area contributed by atoms with E-state index in [2.05, 4.69) is 5.32 Å². The van der Waals surface area contributed by atoms with Crippen LogP contribution in [0.4, 0.5) is 13.2 Å². The zero-order chi connectivity index (χ0) is 21.2. The molecule has 0 bridgehead atoms. The highest BCUT2D eigenvalue weighted by atomic mass is 32.2. The number of piperazine rings is 1. The molecule has 1 amide bonds. The quantitative estimate of drug-likeness (QED) is 0.775. The Balaban J connectivity index is 1.65. The van der Waals surface area contributed by atoms with Gasteiger partial charge >= 0.3 is 6.18 Å². The molecule has 3 rings (SSSR count). The molecule has 162 valence electrons. The highest BCUT2D eigenvalue weighted by molar-refractivity contribution is 7.89. The molecule has 1 aliphatic heterocycles. The van der Waals surface area contributed by atoms with Crippen molar-refractivity contribution in [1.29, 1.82) is 0 Å². The minimum atomic E-state index is -4.75. The largest absolute Gasteiger partial charge is 0.417 e. The van der Waals surface area contributed by atoms with E-state index in [-0.39, 0.29) is 38.1 Å². The molecule has 0 aromatic heterocycles. The molecule has 10 heteroatoms. The molecule has 6 nitrogen and oxygen atoms in total.